The standard InChI is InChI=1S/C11H15NOS/c1-7-5-8(2)10(9(3)6-7)12(4)11(13)14/h5-6H,1-4H3,(H,13,14). The van der Waals surface area contributed by atoms with Crippen molar-refractivity contribution in [3.63, 3.8) is 0 Å². The van der Waals surface area contributed by atoms with Gasteiger partial charge in [0, 0.05) is 12.7 Å². The molecule has 0 heterocycles. The molecule has 0 atom stereocenters. The van der Waals surface area contributed by atoms with Crippen LogP contribution in [0.3, 0.4) is 0 Å². The minimum atomic E-state index is -0.236. The minimum absolute atomic E-state index is 0.236. The summed E-state index contributed by atoms with van der Waals surface area (Å²) in [5.41, 5.74) is 4.37. The second-order valence-corrected chi connectivity index (χ2v) is 3.97. The van der Waals surface area contributed by atoms with E-state index in [1.165, 1.54) is 5.56 Å². The molecule has 0 aliphatic carbocycles. The van der Waals surface area contributed by atoms with Gasteiger partial charge < -0.3 is 4.90 Å². The van der Waals surface area contributed by atoms with Gasteiger partial charge in [-0.1, -0.05) is 30.3 Å². The Hall–Kier alpha value is -0.960. The minimum Gasteiger partial charge on any atom is -0.306 e. The molecule has 76 valence electrons. The molecule has 14 heavy (non-hydrogen) atoms. The SMILES string of the molecule is Cc1cc(C)c(N(C)C(=O)S)c(C)c1. The molecule has 1 amide bonds. The summed E-state index contributed by atoms with van der Waals surface area (Å²) < 4.78 is 0. The van der Waals surface area contributed by atoms with Gasteiger partial charge in [-0.3, -0.25) is 4.79 Å². The molecule has 3 heteroatoms. The van der Waals surface area contributed by atoms with E-state index in [9.17, 15) is 4.79 Å². The van der Waals surface area contributed by atoms with Gasteiger partial charge in [0.15, 0.2) is 0 Å². The van der Waals surface area contributed by atoms with Gasteiger partial charge in [-0.15, -0.1) is 0 Å². The molecule has 0 N–H and O–H groups in total. The maximum absolute atomic E-state index is 11.1. The molecule has 0 saturated carbocycles. The van der Waals surface area contributed by atoms with E-state index in [0.717, 1.165) is 16.8 Å². The first-order valence-electron chi connectivity index (χ1n) is 4.48. The monoisotopic (exact) mass is 209 g/mol. The van der Waals surface area contributed by atoms with Gasteiger partial charge in [-0.2, -0.15) is 0 Å². The Bertz CT molecular complexity index is 351. The summed E-state index contributed by atoms with van der Waals surface area (Å²) in [6.45, 7) is 6.05. The van der Waals surface area contributed by atoms with Crippen molar-refractivity contribution in [1.82, 2.24) is 0 Å². The van der Waals surface area contributed by atoms with Crippen LogP contribution >= 0.6 is 12.6 Å². The molecule has 1 aromatic rings. The number of amides is 1. The summed E-state index contributed by atoms with van der Waals surface area (Å²) in [5.74, 6) is 0. The van der Waals surface area contributed by atoms with Crippen LogP contribution in [0.4, 0.5) is 10.5 Å². The van der Waals surface area contributed by atoms with Gasteiger partial charge in [0.2, 0.25) is 0 Å². The first-order valence-corrected chi connectivity index (χ1v) is 4.92. The molecule has 1 aromatic carbocycles. The fraction of sp³-hybridized carbons (Fsp3) is 0.364. The number of carbonyl (C=O) groups excluding carboxylic acids is 1. The third kappa shape index (κ3) is 2.10. The fourth-order valence-electron chi connectivity index (χ4n) is 1.80. The number of carbonyl (C=O) groups is 1. The zero-order chi connectivity index (χ0) is 10.9. The molecule has 0 aliphatic heterocycles. The molecule has 0 aliphatic rings. The number of hydrogen-bond acceptors (Lipinski definition) is 1. The maximum atomic E-state index is 11.1. The van der Waals surface area contributed by atoms with E-state index in [-0.39, 0.29) is 5.24 Å². The van der Waals surface area contributed by atoms with Crippen molar-refractivity contribution >= 4 is 23.6 Å². The molecule has 0 fully saturated rings. The van der Waals surface area contributed by atoms with E-state index in [4.69, 9.17) is 0 Å². The van der Waals surface area contributed by atoms with Crippen LogP contribution in [0.5, 0.6) is 0 Å². The molecule has 0 spiro atoms. The lowest BCUT2D eigenvalue weighted by atomic mass is 10.0. The highest BCUT2D eigenvalue weighted by molar-refractivity contribution is 7.96. The van der Waals surface area contributed by atoms with Gasteiger partial charge in [0.25, 0.3) is 5.24 Å². The lowest BCUT2D eigenvalue weighted by molar-refractivity contribution is 0.266. The first-order chi connectivity index (χ1) is 6.43. The number of hydrogen-bond donors (Lipinski definition) is 1. The fourth-order valence-corrected chi connectivity index (χ4v) is 1.90. The Kier molecular flexibility index (Phi) is 3.21. The summed E-state index contributed by atoms with van der Waals surface area (Å²) in [6.07, 6.45) is 0. The number of aryl methyl sites for hydroxylation is 3. The van der Waals surface area contributed by atoms with E-state index in [1.54, 1.807) is 11.9 Å². The van der Waals surface area contributed by atoms with Crippen LogP contribution in [0.1, 0.15) is 16.7 Å². The predicted octanol–water partition coefficient (Wildman–Crippen LogP) is 3.10. The van der Waals surface area contributed by atoms with E-state index in [0.29, 0.717) is 0 Å². The van der Waals surface area contributed by atoms with Crippen LogP contribution in [0, 0.1) is 20.8 Å². The molecule has 0 bridgehead atoms. The first kappa shape index (κ1) is 11.1. The average Bonchev–Trinajstić information content (AvgIpc) is 2.01. The van der Waals surface area contributed by atoms with Gasteiger partial charge in [-0.05, 0) is 31.9 Å². The Morgan fingerprint density at radius 1 is 1.21 bits per heavy atom. The van der Waals surface area contributed by atoms with Crippen molar-refractivity contribution in [2.75, 3.05) is 11.9 Å². The summed E-state index contributed by atoms with van der Waals surface area (Å²) in [7, 11) is 1.74. The summed E-state index contributed by atoms with van der Waals surface area (Å²) in [6, 6.07) is 4.13. The summed E-state index contributed by atoms with van der Waals surface area (Å²) >= 11 is 3.81. The van der Waals surface area contributed by atoms with E-state index >= 15 is 0 Å². The smallest absolute Gasteiger partial charge is 0.282 e. The second-order valence-electron chi connectivity index (χ2n) is 3.59. The largest absolute Gasteiger partial charge is 0.306 e. The molecular formula is C11H15NOS. The number of rotatable bonds is 1. The molecule has 1 rings (SSSR count). The van der Waals surface area contributed by atoms with Crippen molar-refractivity contribution in [3.05, 3.63) is 28.8 Å². The Morgan fingerprint density at radius 2 is 1.64 bits per heavy atom. The summed E-state index contributed by atoms with van der Waals surface area (Å²) in [4.78, 5) is 12.7. The highest BCUT2D eigenvalue weighted by atomic mass is 32.1. The zero-order valence-electron chi connectivity index (χ0n) is 8.96. The van der Waals surface area contributed by atoms with E-state index in [1.807, 2.05) is 20.8 Å². The molecular weight excluding hydrogens is 194 g/mol. The third-order valence-corrected chi connectivity index (χ3v) is 2.56. The van der Waals surface area contributed by atoms with Gasteiger partial charge in [-0.25, -0.2) is 0 Å². The number of benzene rings is 1. The predicted molar refractivity (Wildman–Crippen MR) is 63.4 cm³/mol. The molecule has 2 nitrogen and oxygen atoms in total. The normalized spacial score (nSPS) is 10.1. The van der Waals surface area contributed by atoms with Crippen LogP contribution in [0.25, 0.3) is 0 Å². The van der Waals surface area contributed by atoms with Gasteiger partial charge in [0.1, 0.15) is 0 Å². The van der Waals surface area contributed by atoms with Crippen LogP contribution in [-0.2, 0) is 0 Å². The van der Waals surface area contributed by atoms with Crippen LogP contribution < -0.4 is 4.90 Å². The van der Waals surface area contributed by atoms with Crippen molar-refractivity contribution in [2.24, 2.45) is 0 Å². The van der Waals surface area contributed by atoms with Crippen molar-refractivity contribution in [3.8, 4) is 0 Å². The highest BCUT2D eigenvalue weighted by Crippen LogP contribution is 2.25. The van der Waals surface area contributed by atoms with Gasteiger partial charge in [0.05, 0.1) is 0 Å². The number of anilines is 1. The Labute approximate surface area is 90.3 Å². The van der Waals surface area contributed by atoms with Crippen LogP contribution in [0.15, 0.2) is 12.1 Å². The van der Waals surface area contributed by atoms with E-state index < -0.39 is 0 Å². The number of thiol groups is 1. The quantitative estimate of drug-likeness (QED) is 0.705. The second kappa shape index (κ2) is 4.05. The van der Waals surface area contributed by atoms with Gasteiger partial charge >= 0.3 is 0 Å². The maximum Gasteiger partial charge on any atom is 0.282 e. The average molecular weight is 209 g/mol. The lowest BCUT2D eigenvalue weighted by Gasteiger charge is -2.20. The molecule has 0 radical (unpaired) electrons. The van der Waals surface area contributed by atoms with Crippen LogP contribution in [-0.4, -0.2) is 12.3 Å². The topological polar surface area (TPSA) is 20.3 Å². The Morgan fingerprint density at radius 3 is 2.00 bits per heavy atom. The van der Waals surface area contributed by atoms with Crippen LogP contribution in [0.2, 0.25) is 0 Å². The highest BCUT2D eigenvalue weighted by Gasteiger charge is 2.12. The van der Waals surface area contributed by atoms with E-state index in [2.05, 4.69) is 24.8 Å². The molecule has 0 aromatic heterocycles. The number of nitrogens with zero attached hydrogens (tertiary/aromatic N) is 1. The van der Waals surface area contributed by atoms with Crippen molar-refractivity contribution in [2.45, 2.75) is 20.8 Å². The third-order valence-electron chi connectivity index (χ3n) is 2.26. The summed E-state index contributed by atoms with van der Waals surface area (Å²) in [5, 5.41) is -0.236. The van der Waals surface area contributed by atoms with Crippen molar-refractivity contribution < 1.29 is 4.79 Å². The Balaban J connectivity index is 3.27. The lowest BCUT2D eigenvalue weighted by Crippen LogP contribution is -2.21. The molecule has 0 saturated heterocycles. The van der Waals surface area contributed by atoms with Crippen molar-refractivity contribution in [1.29, 1.82) is 0 Å². The zero-order valence-corrected chi connectivity index (χ0v) is 9.85. The molecule has 0 unspecified atom stereocenters.